The summed E-state index contributed by atoms with van der Waals surface area (Å²) in [7, 11) is -3.47. The van der Waals surface area contributed by atoms with E-state index in [1.165, 1.54) is 8.61 Å². The van der Waals surface area contributed by atoms with Crippen molar-refractivity contribution >= 4 is 16.2 Å². The van der Waals surface area contributed by atoms with Crippen molar-refractivity contribution in [1.82, 2.24) is 8.61 Å². The zero-order valence-electron chi connectivity index (χ0n) is 11.4. The van der Waals surface area contributed by atoms with Gasteiger partial charge in [-0.25, -0.2) is 0 Å². The Morgan fingerprint density at radius 2 is 1.70 bits per heavy atom. The number of carboxylic acids is 1. The molecule has 0 aromatic heterocycles. The minimum absolute atomic E-state index is 0.0859. The SMILES string of the molecule is O=C(O)C1CCN(S(=O)(=O)N2CCC(CCO)C2)CC1. The third kappa shape index (κ3) is 3.30. The summed E-state index contributed by atoms with van der Waals surface area (Å²) in [5, 5.41) is 17.8. The van der Waals surface area contributed by atoms with Gasteiger partial charge in [-0.1, -0.05) is 0 Å². The van der Waals surface area contributed by atoms with Gasteiger partial charge in [-0.3, -0.25) is 4.79 Å². The number of aliphatic hydroxyl groups is 1. The van der Waals surface area contributed by atoms with Crippen molar-refractivity contribution in [2.24, 2.45) is 11.8 Å². The van der Waals surface area contributed by atoms with Gasteiger partial charge in [-0.15, -0.1) is 0 Å². The second-order valence-electron chi connectivity index (χ2n) is 5.54. The van der Waals surface area contributed by atoms with Gasteiger partial charge >= 0.3 is 5.97 Å². The van der Waals surface area contributed by atoms with E-state index in [9.17, 15) is 13.2 Å². The zero-order valence-corrected chi connectivity index (χ0v) is 12.3. The first-order chi connectivity index (χ1) is 9.45. The molecule has 8 heteroatoms. The van der Waals surface area contributed by atoms with E-state index in [2.05, 4.69) is 0 Å². The Kier molecular flexibility index (Phi) is 5.00. The van der Waals surface area contributed by atoms with Crippen LogP contribution in [0.5, 0.6) is 0 Å². The lowest BCUT2D eigenvalue weighted by Crippen LogP contribution is -2.47. The molecule has 0 aliphatic carbocycles. The Morgan fingerprint density at radius 1 is 1.10 bits per heavy atom. The molecule has 0 aromatic carbocycles. The number of hydrogen-bond acceptors (Lipinski definition) is 4. The fraction of sp³-hybridized carbons (Fsp3) is 0.917. The van der Waals surface area contributed by atoms with Crippen molar-refractivity contribution in [2.45, 2.75) is 25.7 Å². The first kappa shape index (κ1) is 15.7. The fourth-order valence-electron chi connectivity index (χ4n) is 2.92. The number of nitrogens with zero attached hydrogens (tertiary/aromatic N) is 2. The van der Waals surface area contributed by atoms with Crippen LogP contribution >= 0.6 is 0 Å². The highest BCUT2D eigenvalue weighted by atomic mass is 32.2. The maximum absolute atomic E-state index is 12.5. The van der Waals surface area contributed by atoms with E-state index in [1.807, 2.05) is 0 Å². The number of rotatable bonds is 5. The van der Waals surface area contributed by atoms with Gasteiger partial charge in [0.25, 0.3) is 10.2 Å². The molecule has 2 rings (SSSR count). The fourth-order valence-corrected chi connectivity index (χ4v) is 4.66. The van der Waals surface area contributed by atoms with Gasteiger partial charge < -0.3 is 10.2 Å². The molecule has 2 heterocycles. The van der Waals surface area contributed by atoms with E-state index in [0.717, 1.165) is 6.42 Å². The molecule has 2 aliphatic heterocycles. The monoisotopic (exact) mass is 306 g/mol. The average Bonchev–Trinajstić information content (AvgIpc) is 2.88. The van der Waals surface area contributed by atoms with Gasteiger partial charge in [0.1, 0.15) is 0 Å². The van der Waals surface area contributed by atoms with Gasteiger partial charge in [0, 0.05) is 32.8 Å². The van der Waals surface area contributed by atoms with Crippen molar-refractivity contribution in [3.8, 4) is 0 Å². The summed E-state index contributed by atoms with van der Waals surface area (Å²) in [5.41, 5.74) is 0. The third-order valence-electron chi connectivity index (χ3n) is 4.24. The zero-order chi connectivity index (χ0) is 14.8. The van der Waals surface area contributed by atoms with E-state index in [0.29, 0.717) is 32.4 Å². The molecule has 2 saturated heterocycles. The second-order valence-corrected chi connectivity index (χ2v) is 7.47. The molecule has 0 radical (unpaired) electrons. The predicted octanol–water partition coefficient (Wildman–Crippen LogP) is -0.268. The number of aliphatic hydroxyl groups excluding tert-OH is 1. The Hall–Kier alpha value is -0.700. The van der Waals surface area contributed by atoms with E-state index in [4.69, 9.17) is 10.2 Å². The van der Waals surface area contributed by atoms with Crippen molar-refractivity contribution in [3.63, 3.8) is 0 Å². The summed E-state index contributed by atoms with van der Waals surface area (Å²) in [6.45, 7) is 1.59. The van der Waals surface area contributed by atoms with Gasteiger partial charge in [-0.05, 0) is 31.6 Å². The first-order valence-electron chi connectivity index (χ1n) is 7.04. The van der Waals surface area contributed by atoms with Gasteiger partial charge in [0.15, 0.2) is 0 Å². The van der Waals surface area contributed by atoms with Crippen LogP contribution in [0, 0.1) is 11.8 Å². The van der Waals surface area contributed by atoms with E-state index >= 15 is 0 Å². The molecular weight excluding hydrogens is 284 g/mol. The summed E-state index contributed by atoms with van der Waals surface area (Å²) < 4.78 is 27.8. The summed E-state index contributed by atoms with van der Waals surface area (Å²) in [4.78, 5) is 10.9. The normalized spacial score (nSPS) is 26.9. The summed E-state index contributed by atoms with van der Waals surface area (Å²) in [6, 6.07) is 0. The quantitative estimate of drug-likeness (QED) is 0.729. The molecule has 2 N–H and O–H groups in total. The molecule has 0 saturated carbocycles. The molecule has 2 fully saturated rings. The molecule has 0 amide bonds. The van der Waals surface area contributed by atoms with E-state index in [1.54, 1.807) is 0 Å². The number of hydrogen-bond donors (Lipinski definition) is 2. The molecule has 2 aliphatic rings. The Morgan fingerprint density at radius 3 is 2.25 bits per heavy atom. The smallest absolute Gasteiger partial charge is 0.306 e. The molecule has 0 bridgehead atoms. The summed E-state index contributed by atoms with van der Waals surface area (Å²) >= 11 is 0. The lowest BCUT2D eigenvalue weighted by atomic mass is 9.99. The number of carboxylic acid groups (broad SMARTS) is 1. The molecular formula is C12H22N2O5S. The van der Waals surface area contributed by atoms with Crippen LogP contribution in [0.25, 0.3) is 0 Å². The number of carbonyl (C=O) groups is 1. The molecule has 1 atom stereocenters. The van der Waals surface area contributed by atoms with Crippen LogP contribution in [0.2, 0.25) is 0 Å². The van der Waals surface area contributed by atoms with Crippen LogP contribution in [0.3, 0.4) is 0 Å². The van der Waals surface area contributed by atoms with Gasteiger partial charge in [0.05, 0.1) is 5.92 Å². The van der Waals surface area contributed by atoms with E-state index in [-0.39, 0.29) is 25.6 Å². The molecule has 7 nitrogen and oxygen atoms in total. The minimum Gasteiger partial charge on any atom is -0.481 e. The first-order valence-corrected chi connectivity index (χ1v) is 8.43. The molecule has 0 aromatic rings. The maximum atomic E-state index is 12.5. The lowest BCUT2D eigenvalue weighted by Gasteiger charge is -2.32. The molecule has 0 spiro atoms. The average molecular weight is 306 g/mol. The highest BCUT2D eigenvalue weighted by molar-refractivity contribution is 7.86. The Balaban J connectivity index is 1.93. The van der Waals surface area contributed by atoms with Gasteiger partial charge in [-0.2, -0.15) is 17.0 Å². The maximum Gasteiger partial charge on any atom is 0.306 e. The molecule has 116 valence electrons. The predicted molar refractivity (Wildman–Crippen MR) is 72.2 cm³/mol. The Bertz CT molecular complexity index is 445. The van der Waals surface area contributed by atoms with Crippen LogP contribution in [0.4, 0.5) is 0 Å². The lowest BCUT2D eigenvalue weighted by molar-refractivity contribution is -0.142. The summed E-state index contributed by atoms with van der Waals surface area (Å²) in [6.07, 6.45) is 2.17. The highest BCUT2D eigenvalue weighted by Gasteiger charge is 2.37. The van der Waals surface area contributed by atoms with Crippen molar-refractivity contribution in [1.29, 1.82) is 0 Å². The van der Waals surface area contributed by atoms with Crippen LogP contribution < -0.4 is 0 Å². The van der Waals surface area contributed by atoms with Crippen molar-refractivity contribution in [3.05, 3.63) is 0 Å². The van der Waals surface area contributed by atoms with Crippen molar-refractivity contribution in [2.75, 3.05) is 32.8 Å². The minimum atomic E-state index is -3.47. The van der Waals surface area contributed by atoms with Crippen LogP contribution in [0.1, 0.15) is 25.7 Å². The third-order valence-corrected chi connectivity index (χ3v) is 6.24. The highest BCUT2D eigenvalue weighted by Crippen LogP contribution is 2.26. The topological polar surface area (TPSA) is 98.2 Å². The van der Waals surface area contributed by atoms with E-state index < -0.39 is 22.1 Å². The van der Waals surface area contributed by atoms with Gasteiger partial charge in [0.2, 0.25) is 0 Å². The second kappa shape index (κ2) is 6.38. The standard InChI is InChI=1S/C12H22N2O5S/c15-8-4-10-1-5-14(9-10)20(18,19)13-6-2-11(3-7-13)12(16)17/h10-11,15H,1-9H2,(H,16,17). The van der Waals surface area contributed by atoms with Crippen LogP contribution in [-0.2, 0) is 15.0 Å². The Labute approximate surface area is 119 Å². The van der Waals surface area contributed by atoms with Crippen molar-refractivity contribution < 1.29 is 23.4 Å². The number of piperidine rings is 1. The largest absolute Gasteiger partial charge is 0.481 e. The molecule has 20 heavy (non-hydrogen) atoms. The molecule has 1 unspecified atom stereocenters. The van der Waals surface area contributed by atoms with Crippen LogP contribution in [0.15, 0.2) is 0 Å². The summed E-state index contributed by atoms with van der Waals surface area (Å²) in [5.74, 6) is -1.04. The van der Waals surface area contributed by atoms with Crippen LogP contribution in [-0.4, -0.2) is 66.0 Å². The number of aliphatic carboxylic acids is 1.